The van der Waals surface area contributed by atoms with Gasteiger partial charge >= 0.3 is 6.18 Å². The summed E-state index contributed by atoms with van der Waals surface area (Å²) in [6.07, 6.45) is -0.645. The molecule has 0 fully saturated rings. The molecule has 2 N–H and O–H groups in total. The van der Waals surface area contributed by atoms with Crippen LogP contribution in [0.1, 0.15) is 23.6 Å². The van der Waals surface area contributed by atoms with Gasteiger partial charge in [0, 0.05) is 25.0 Å². The van der Waals surface area contributed by atoms with Crippen molar-refractivity contribution in [3.8, 4) is 0 Å². The van der Waals surface area contributed by atoms with E-state index in [9.17, 15) is 13.2 Å². The molecule has 0 aliphatic heterocycles. The van der Waals surface area contributed by atoms with Gasteiger partial charge in [0.15, 0.2) is 0 Å². The number of aryl methyl sites for hydroxylation is 1. The Labute approximate surface area is 97.8 Å². The Morgan fingerprint density at radius 3 is 2.71 bits per heavy atom. The second-order valence-electron chi connectivity index (χ2n) is 3.86. The van der Waals surface area contributed by atoms with Gasteiger partial charge < -0.3 is 10.5 Å². The third-order valence-electron chi connectivity index (χ3n) is 2.16. The Morgan fingerprint density at radius 1 is 1.41 bits per heavy atom. The molecule has 0 aliphatic rings. The van der Waals surface area contributed by atoms with Crippen LogP contribution in [-0.2, 0) is 4.74 Å². The van der Waals surface area contributed by atoms with E-state index in [4.69, 9.17) is 5.73 Å². The van der Waals surface area contributed by atoms with E-state index in [2.05, 4.69) is 9.72 Å². The first-order valence-corrected chi connectivity index (χ1v) is 5.20. The highest BCUT2D eigenvalue weighted by molar-refractivity contribution is 5.19. The van der Waals surface area contributed by atoms with E-state index in [1.54, 1.807) is 12.4 Å². The fraction of sp³-hybridized carbons (Fsp3) is 0.545. The molecule has 1 rings (SSSR count). The zero-order valence-corrected chi connectivity index (χ0v) is 9.50. The third kappa shape index (κ3) is 5.65. The number of rotatable bonds is 5. The van der Waals surface area contributed by atoms with E-state index in [0.717, 1.165) is 11.1 Å². The molecule has 1 unspecified atom stereocenters. The monoisotopic (exact) mass is 248 g/mol. The van der Waals surface area contributed by atoms with Crippen molar-refractivity contribution in [2.24, 2.45) is 5.73 Å². The predicted molar refractivity (Wildman–Crippen MR) is 57.4 cm³/mol. The number of aromatic nitrogens is 1. The Balaban J connectivity index is 2.33. The van der Waals surface area contributed by atoms with Crippen molar-refractivity contribution in [1.29, 1.82) is 0 Å². The number of nitrogens with zero attached hydrogens (tertiary/aromatic N) is 1. The number of alkyl halides is 3. The molecule has 3 nitrogen and oxygen atoms in total. The Hall–Kier alpha value is -1.14. The van der Waals surface area contributed by atoms with Gasteiger partial charge in [0.25, 0.3) is 0 Å². The molecule has 1 atom stereocenters. The molecule has 96 valence electrons. The van der Waals surface area contributed by atoms with Crippen molar-refractivity contribution < 1.29 is 17.9 Å². The molecule has 6 heteroatoms. The maximum absolute atomic E-state index is 11.8. The lowest BCUT2D eigenvalue weighted by molar-refractivity contribution is -0.174. The zero-order chi connectivity index (χ0) is 12.9. The Kier molecular flexibility index (Phi) is 4.89. The summed E-state index contributed by atoms with van der Waals surface area (Å²) >= 11 is 0. The molecule has 0 aromatic carbocycles. The van der Waals surface area contributed by atoms with E-state index in [0.29, 0.717) is 6.42 Å². The average molecular weight is 248 g/mol. The van der Waals surface area contributed by atoms with Gasteiger partial charge in [-0.3, -0.25) is 4.98 Å². The van der Waals surface area contributed by atoms with Crippen LogP contribution in [0.25, 0.3) is 0 Å². The maximum Gasteiger partial charge on any atom is 0.411 e. The first-order valence-electron chi connectivity index (χ1n) is 5.20. The second-order valence-corrected chi connectivity index (χ2v) is 3.86. The molecular weight excluding hydrogens is 233 g/mol. The summed E-state index contributed by atoms with van der Waals surface area (Å²) in [5.41, 5.74) is 7.59. The van der Waals surface area contributed by atoms with Crippen LogP contribution in [0, 0.1) is 6.92 Å². The highest BCUT2D eigenvalue weighted by atomic mass is 19.4. The molecule has 0 saturated carbocycles. The number of ether oxygens (including phenoxy) is 1. The van der Waals surface area contributed by atoms with Gasteiger partial charge in [0.1, 0.15) is 6.61 Å². The summed E-state index contributed by atoms with van der Waals surface area (Å²) < 4.78 is 39.9. The summed E-state index contributed by atoms with van der Waals surface area (Å²) in [5, 5.41) is 0. The normalized spacial score (nSPS) is 13.7. The molecule has 1 heterocycles. The summed E-state index contributed by atoms with van der Waals surface area (Å²) in [6, 6.07) is 1.51. The topological polar surface area (TPSA) is 48.1 Å². The van der Waals surface area contributed by atoms with E-state index in [1.807, 2.05) is 13.0 Å². The molecular formula is C11H15F3N2O. The van der Waals surface area contributed by atoms with Crippen LogP contribution in [0.3, 0.4) is 0 Å². The molecule has 0 amide bonds. The van der Waals surface area contributed by atoms with Crippen molar-refractivity contribution >= 4 is 0 Å². The summed E-state index contributed by atoms with van der Waals surface area (Å²) in [4.78, 5) is 3.97. The van der Waals surface area contributed by atoms with Crippen LogP contribution in [-0.4, -0.2) is 24.4 Å². The minimum absolute atomic E-state index is 0.0192. The number of pyridine rings is 1. The van der Waals surface area contributed by atoms with Crippen molar-refractivity contribution in [3.05, 3.63) is 29.6 Å². The Morgan fingerprint density at radius 2 is 2.12 bits per heavy atom. The molecule has 1 aromatic heterocycles. The molecule has 17 heavy (non-hydrogen) atoms. The number of hydrogen-bond acceptors (Lipinski definition) is 3. The fourth-order valence-corrected chi connectivity index (χ4v) is 1.35. The van der Waals surface area contributed by atoms with Crippen LogP contribution >= 0.6 is 0 Å². The van der Waals surface area contributed by atoms with E-state index >= 15 is 0 Å². The van der Waals surface area contributed by atoms with Gasteiger partial charge in [-0.2, -0.15) is 13.2 Å². The van der Waals surface area contributed by atoms with Crippen molar-refractivity contribution in [2.75, 3.05) is 13.2 Å². The zero-order valence-electron chi connectivity index (χ0n) is 9.50. The largest absolute Gasteiger partial charge is 0.411 e. The number of halogens is 3. The van der Waals surface area contributed by atoms with Crippen molar-refractivity contribution in [3.63, 3.8) is 0 Å². The number of hydrogen-bond donors (Lipinski definition) is 1. The van der Waals surface area contributed by atoms with Crippen LogP contribution in [0.4, 0.5) is 13.2 Å². The van der Waals surface area contributed by atoms with Crippen molar-refractivity contribution in [1.82, 2.24) is 4.98 Å². The lowest BCUT2D eigenvalue weighted by atomic mass is 10.1. The third-order valence-corrected chi connectivity index (χ3v) is 2.16. The first-order chi connectivity index (χ1) is 7.88. The average Bonchev–Trinajstić information content (AvgIpc) is 2.23. The fourth-order valence-electron chi connectivity index (χ4n) is 1.35. The minimum atomic E-state index is -4.28. The molecule has 0 spiro atoms. The summed E-state index contributed by atoms with van der Waals surface area (Å²) in [5.74, 6) is 0. The van der Waals surface area contributed by atoms with Gasteiger partial charge in [-0.1, -0.05) is 6.07 Å². The molecule has 0 aliphatic carbocycles. The van der Waals surface area contributed by atoms with Crippen LogP contribution in [0.15, 0.2) is 18.5 Å². The van der Waals surface area contributed by atoms with Gasteiger partial charge in [-0.15, -0.1) is 0 Å². The standard InChI is InChI=1S/C11H15F3N2O/c1-8-4-9(6-16-5-8)10(15)2-3-17-7-11(12,13)14/h4-6,10H,2-3,7,15H2,1H3. The predicted octanol–water partition coefficient (Wildman–Crippen LogP) is 2.36. The highest BCUT2D eigenvalue weighted by Gasteiger charge is 2.27. The van der Waals surface area contributed by atoms with Gasteiger partial charge in [-0.25, -0.2) is 0 Å². The highest BCUT2D eigenvalue weighted by Crippen LogP contribution is 2.17. The first kappa shape index (κ1) is 13.9. The minimum Gasteiger partial charge on any atom is -0.372 e. The summed E-state index contributed by atoms with van der Waals surface area (Å²) in [7, 11) is 0. The smallest absolute Gasteiger partial charge is 0.372 e. The van der Waals surface area contributed by atoms with Gasteiger partial charge in [-0.05, 0) is 24.5 Å². The number of nitrogens with two attached hydrogens (primary N) is 1. The quantitative estimate of drug-likeness (QED) is 0.814. The Bertz CT molecular complexity index is 355. The molecule has 0 saturated heterocycles. The van der Waals surface area contributed by atoms with E-state index in [1.165, 1.54) is 0 Å². The van der Waals surface area contributed by atoms with Crippen molar-refractivity contribution in [2.45, 2.75) is 25.6 Å². The van der Waals surface area contributed by atoms with E-state index < -0.39 is 12.8 Å². The SMILES string of the molecule is Cc1cncc(C(N)CCOCC(F)(F)F)c1. The van der Waals surface area contributed by atoms with Crippen LogP contribution < -0.4 is 5.73 Å². The lowest BCUT2D eigenvalue weighted by Crippen LogP contribution is -2.19. The second kappa shape index (κ2) is 5.97. The van der Waals surface area contributed by atoms with Gasteiger partial charge in [0.2, 0.25) is 0 Å². The van der Waals surface area contributed by atoms with E-state index in [-0.39, 0.29) is 12.6 Å². The molecule has 1 aromatic rings. The van der Waals surface area contributed by atoms with Crippen LogP contribution in [0.2, 0.25) is 0 Å². The molecule has 0 bridgehead atoms. The lowest BCUT2D eigenvalue weighted by Gasteiger charge is -2.13. The summed E-state index contributed by atoms with van der Waals surface area (Å²) in [6.45, 7) is 0.629. The van der Waals surface area contributed by atoms with Gasteiger partial charge in [0.05, 0.1) is 0 Å². The van der Waals surface area contributed by atoms with Crippen LogP contribution in [0.5, 0.6) is 0 Å². The maximum atomic E-state index is 11.8. The molecule has 0 radical (unpaired) electrons.